The predicted octanol–water partition coefficient (Wildman–Crippen LogP) is 2.78. The van der Waals surface area contributed by atoms with Crippen LogP contribution in [0.2, 0.25) is 5.02 Å². The summed E-state index contributed by atoms with van der Waals surface area (Å²) in [6.07, 6.45) is 1.23. The Morgan fingerprint density at radius 2 is 2.25 bits per heavy atom. The van der Waals surface area contributed by atoms with Crippen LogP contribution in [-0.2, 0) is 6.54 Å². The van der Waals surface area contributed by atoms with Crippen molar-refractivity contribution in [1.29, 1.82) is 0 Å². The molecule has 1 aromatic rings. The van der Waals surface area contributed by atoms with Crippen molar-refractivity contribution < 1.29 is 4.74 Å². The minimum absolute atomic E-state index is 0.705. The number of hydrogen-bond acceptors (Lipinski definition) is 3. The highest BCUT2D eigenvalue weighted by molar-refractivity contribution is 6.32. The van der Waals surface area contributed by atoms with E-state index < -0.39 is 0 Å². The molecule has 0 radical (unpaired) electrons. The van der Waals surface area contributed by atoms with E-state index in [1.807, 2.05) is 12.1 Å². The van der Waals surface area contributed by atoms with Crippen molar-refractivity contribution in [3.8, 4) is 5.75 Å². The number of ether oxygens (including phenoxy) is 1. The average molecular weight is 295 g/mol. The van der Waals surface area contributed by atoms with Gasteiger partial charge in [0, 0.05) is 19.1 Å². The van der Waals surface area contributed by atoms with Crippen LogP contribution in [-0.4, -0.2) is 37.7 Å². The summed E-state index contributed by atoms with van der Waals surface area (Å²) in [6.45, 7) is 6.87. The monoisotopic (exact) mass is 294 g/mol. The van der Waals surface area contributed by atoms with Crippen LogP contribution >= 0.6 is 11.6 Å². The number of benzene rings is 1. The molecule has 2 heterocycles. The fourth-order valence-corrected chi connectivity index (χ4v) is 4.18. The largest absolute Gasteiger partial charge is 0.495 e. The van der Waals surface area contributed by atoms with Gasteiger partial charge in [0.15, 0.2) is 0 Å². The molecule has 1 N–H and O–H groups in total. The quantitative estimate of drug-likeness (QED) is 0.924. The molecule has 0 aliphatic carbocycles. The number of methoxy groups -OCH3 is 1. The van der Waals surface area contributed by atoms with Crippen LogP contribution in [0.25, 0.3) is 0 Å². The minimum Gasteiger partial charge on any atom is -0.495 e. The molecule has 1 aromatic carbocycles. The van der Waals surface area contributed by atoms with Gasteiger partial charge in [-0.25, -0.2) is 0 Å². The van der Waals surface area contributed by atoms with Crippen LogP contribution in [0.15, 0.2) is 18.2 Å². The molecule has 3 nitrogen and oxygen atoms in total. The Bertz CT molecular complexity index is 480. The molecule has 3 atom stereocenters. The minimum atomic E-state index is 0.705. The van der Waals surface area contributed by atoms with Gasteiger partial charge in [-0.1, -0.05) is 24.6 Å². The molecule has 20 heavy (non-hydrogen) atoms. The van der Waals surface area contributed by atoms with Crippen LogP contribution < -0.4 is 10.1 Å². The molecule has 4 heteroatoms. The smallest absolute Gasteiger partial charge is 0.137 e. The molecule has 2 aliphatic heterocycles. The average Bonchev–Trinajstić information content (AvgIpc) is 2.99. The highest BCUT2D eigenvalue weighted by Crippen LogP contribution is 2.35. The van der Waals surface area contributed by atoms with Gasteiger partial charge in [-0.05, 0) is 49.0 Å². The molecule has 0 aromatic heterocycles. The van der Waals surface area contributed by atoms with Crippen molar-refractivity contribution in [1.82, 2.24) is 10.2 Å². The summed E-state index contributed by atoms with van der Waals surface area (Å²) in [5, 5.41) is 4.24. The van der Waals surface area contributed by atoms with Crippen LogP contribution in [0.3, 0.4) is 0 Å². The Kier molecular flexibility index (Phi) is 4.20. The third-order valence-corrected chi connectivity index (χ3v) is 5.14. The first kappa shape index (κ1) is 14.2. The van der Waals surface area contributed by atoms with Gasteiger partial charge in [-0.2, -0.15) is 0 Å². The van der Waals surface area contributed by atoms with Crippen molar-refractivity contribution in [2.24, 2.45) is 11.8 Å². The van der Waals surface area contributed by atoms with Gasteiger partial charge in [0.1, 0.15) is 5.75 Å². The maximum absolute atomic E-state index is 6.23. The van der Waals surface area contributed by atoms with Crippen molar-refractivity contribution in [3.05, 3.63) is 28.8 Å². The first-order valence-corrected chi connectivity index (χ1v) is 7.88. The van der Waals surface area contributed by atoms with Gasteiger partial charge in [0.25, 0.3) is 0 Å². The molecule has 2 saturated heterocycles. The molecule has 3 unspecified atom stereocenters. The zero-order valence-electron chi connectivity index (χ0n) is 12.2. The fourth-order valence-electron chi connectivity index (χ4n) is 3.90. The van der Waals surface area contributed by atoms with Crippen molar-refractivity contribution in [2.45, 2.75) is 25.9 Å². The van der Waals surface area contributed by atoms with Gasteiger partial charge < -0.3 is 10.1 Å². The molecule has 0 saturated carbocycles. The van der Waals surface area contributed by atoms with E-state index in [4.69, 9.17) is 16.3 Å². The van der Waals surface area contributed by atoms with E-state index in [1.54, 1.807) is 7.11 Å². The molecular weight excluding hydrogens is 272 g/mol. The summed E-state index contributed by atoms with van der Waals surface area (Å²) in [5.74, 6) is 2.41. The zero-order chi connectivity index (χ0) is 14.1. The van der Waals surface area contributed by atoms with E-state index in [0.29, 0.717) is 11.1 Å². The number of nitrogens with one attached hydrogen (secondary N) is 1. The molecule has 2 fully saturated rings. The standard InChI is InChI=1S/C16H23ClN2O/c1-3-15-13-8-18-7-12(13)10-19(15)9-11-4-5-16(20-2)14(17)6-11/h4-6,12-13,15,18H,3,7-10H2,1-2H3. The first-order valence-electron chi connectivity index (χ1n) is 7.50. The predicted molar refractivity (Wildman–Crippen MR) is 82.3 cm³/mol. The third kappa shape index (κ3) is 2.54. The fraction of sp³-hybridized carbons (Fsp3) is 0.625. The summed E-state index contributed by atoms with van der Waals surface area (Å²) in [5.41, 5.74) is 1.28. The number of halogens is 1. The third-order valence-electron chi connectivity index (χ3n) is 4.84. The summed E-state index contributed by atoms with van der Waals surface area (Å²) in [6, 6.07) is 6.84. The number of hydrogen-bond donors (Lipinski definition) is 1. The number of likely N-dealkylation sites (tertiary alicyclic amines) is 1. The van der Waals surface area contributed by atoms with Crippen LogP contribution in [0.1, 0.15) is 18.9 Å². The van der Waals surface area contributed by atoms with Crippen LogP contribution in [0.4, 0.5) is 0 Å². The second-order valence-electron chi connectivity index (χ2n) is 5.96. The van der Waals surface area contributed by atoms with Gasteiger partial charge >= 0.3 is 0 Å². The molecule has 0 amide bonds. The Balaban J connectivity index is 1.72. The summed E-state index contributed by atoms with van der Waals surface area (Å²) >= 11 is 6.23. The zero-order valence-corrected chi connectivity index (χ0v) is 13.0. The number of fused-ring (bicyclic) bond motifs is 1. The molecule has 3 rings (SSSR count). The lowest BCUT2D eigenvalue weighted by Crippen LogP contribution is -2.34. The van der Waals surface area contributed by atoms with E-state index >= 15 is 0 Å². The maximum atomic E-state index is 6.23. The Hall–Kier alpha value is -0.770. The Labute approximate surface area is 126 Å². The van der Waals surface area contributed by atoms with E-state index in [9.17, 15) is 0 Å². The molecular formula is C16H23ClN2O. The number of rotatable bonds is 4. The highest BCUT2D eigenvalue weighted by Gasteiger charge is 2.42. The SMILES string of the molecule is CCC1C2CNCC2CN1Cc1ccc(OC)c(Cl)c1. The van der Waals surface area contributed by atoms with Gasteiger partial charge in [-0.3, -0.25) is 4.90 Å². The molecule has 0 spiro atoms. The Morgan fingerprint density at radius 3 is 2.95 bits per heavy atom. The normalized spacial score (nSPS) is 29.6. The van der Waals surface area contributed by atoms with E-state index in [2.05, 4.69) is 23.2 Å². The molecule has 0 bridgehead atoms. The second kappa shape index (κ2) is 5.92. The van der Waals surface area contributed by atoms with Crippen molar-refractivity contribution in [2.75, 3.05) is 26.7 Å². The molecule has 2 aliphatic rings. The molecule has 110 valence electrons. The summed E-state index contributed by atoms with van der Waals surface area (Å²) < 4.78 is 5.22. The van der Waals surface area contributed by atoms with E-state index in [1.165, 1.54) is 31.6 Å². The second-order valence-corrected chi connectivity index (χ2v) is 6.36. The Morgan fingerprint density at radius 1 is 1.40 bits per heavy atom. The first-order chi connectivity index (χ1) is 9.72. The van der Waals surface area contributed by atoms with Crippen molar-refractivity contribution in [3.63, 3.8) is 0 Å². The lowest BCUT2D eigenvalue weighted by atomic mass is 9.93. The van der Waals surface area contributed by atoms with Gasteiger partial charge in [0.2, 0.25) is 0 Å². The van der Waals surface area contributed by atoms with E-state index in [-0.39, 0.29) is 0 Å². The number of nitrogens with zero attached hydrogens (tertiary/aromatic N) is 1. The van der Waals surface area contributed by atoms with Crippen molar-refractivity contribution >= 4 is 11.6 Å². The van der Waals surface area contributed by atoms with Gasteiger partial charge in [-0.15, -0.1) is 0 Å². The van der Waals surface area contributed by atoms with Crippen LogP contribution in [0.5, 0.6) is 5.75 Å². The lowest BCUT2D eigenvalue weighted by Gasteiger charge is -2.27. The van der Waals surface area contributed by atoms with E-state index in [0.717, 1.165) is 24.1 Å². The topological polar surface area (TPSA) is 24.5 Å². The lowest BCUT2D eigenvalue weighted by molar-refractivity contribution is 0.210. The van der Waals surface area contributed by atoms with Gasteiger partial charge in [0.05, 0.1) is 12.1 Å². The maximum Gasteiger partial charge on any atom is 0.137 e. The highest BCUT2D eigenvalue weighted by atomic mass is 35.5. The summed E-state index contributed by atoms with van der Waals surface area (Å²) in [4.78, 5) is 2.63. The summed E-state index contributed by atoms with van der Waals surface area (Å²) in [7, 11) is 1.66. The van der Waals surface area contributed by atoms with Crippen LogP contribution in [0, 0.1) is 11.8 Å².